The maximum absolute atomic E-state index is 12.5. The highest BCUT2D eigenvalue weighted by Gasteiger charge is 2.34. The largest absolute Gasteiger partial charge is 0.377 e. The van der Waals surface area contributed by atoms with E-state index in [4.69, 9.17) is 0 Å². The number of aromatic nitrogens is 2. The molecule has 5 heteroatoms. The zero-order valence-corrected chi connectivity index (χ0v) is 18.7. The highest BCUT2D eigenvalue weighted by Crippen LogP contribution is 2.46. The van der Waals surface area contributed by atoms with Gasteiger partial charge in [0.2, 0.25) is 0 Å². The van der Waals surface area contributed by atoms with Crippen LogP contribution in [0.15, 0.2) is 71.5 Å². The van der Waals surface area contributed by atoms with Gasteiger partial charge in [-0.25, -0.2) is 5.10 Å². The zero-order chi connectivity index (χ0) is 22.2. The lowest BCUT2D eigenvalue weighted by Gasteiger charge is -2.35. The summed E-state index contributed by atoms with van der Waals surface area (Å²) in [4.78, 5) is 14.6. The minimum atomic E-state index is -0.154. The number of hydrogen-bond donors (Lipinski definition) is 2. The van der Waals surface area contributed by atoms with Crippen LogP contribution in [-0.2, 0) is 13.0 Å². The highest BCUT2D eigenvalue weighted by atomic mass is 16.1. The molecule has 2 unspecified atom stereocenters. The summed E-state index contributed by atoms with van der Waals surface area (Å²) in [6, 6.07) is 23.4. The molecule has 5 rings (SSSR count). The summed E-state index contributed by atoms with van der Waals surface area (Å²) in [7, 11) is 4.16. The fourth-order valence-corrected chi connectivity index (χ4v) is 4.78. The molecule has 0 saturated carbocycles. The first kappa shape index (κ1) is 20.5. The maximum Gasteiger partial charge on any atom is 0.272 e. The van der Waals surface area contributed by atoms with E-state index in [1.165, 1.54) is 22.3 Å². The summed E-state index contributed by atoms with van der Waals surface area (Å²) in [5.41, 5.74) is 6.70. The van der Waals surface area contributed by atoms with Crippen molar-refractivity contribution in [3.63, 3.8) is 0 Å². The third-order valence-corrected chi connectivity index (χ3v) is 6.37. The summed E-state index contributed by atoms with van der Waals surface area (Å²) < 4.78 is 0. The number of benzene rings is 3. The Kier molecular flexibility index (Phi) is 5.27. The van der Waals surface area contributed by atoms with Gasteiger partial charge in [-0.15, -0.1) is 0 Å². The molecule has 2 heterocycles. The van der Waals surface area contributed by atoms with Gasteiger partial charge in [0.25, 0.3) is 5.56 Å². The number of nitrogens with one attached hydrogen (secondary N) is 2. The molecule has 1 aliphatic rings. The van der Waals surface area contributed by atoms with Crippen LogP contribution < -0.4 is 10.9 Å². The smallest absolute Gasteiger partial charge is 0.272 e. The number of aryl methyl sites for hydroxylation is 1. The van der Waals surface area contributed by atoms with Crippen LogP contribution in [0.2, 0.25) is 0 Å². The monoisotopic (exact) mass is 424 g/mol. The number of hydrogen-bond acceptors (Lipinski definition) is 4. The SMILES string of the molecule is CCc1ccc(C2c3n[nH]c(=O)c4cccc(c34)NC2c2ccc(CN(C)C)cc2)cc1. The van der Waals surface area contributed by atoms with E-state index in [1.54, 1.807) is 0 Å². The Morgan fingerprint density at radius 2 is 1.59 bits per heavy atom. The van der Waals surface area contributed by atoms with E-state index < -0.39 is 0 Å². The van der Waals surface area contributed by atoms with Gasteiger partial charge in [-0.05, 0) is 54.9 Å². The normalized spacial score (nSPS) is 17.5. The molecular weight excluding hydrogens is 396 g/mol. The molecule has 0 amide bonds. The zero-order valence-electron chi connectivity index (χ0n) is 18.7. The Balaban J connectivity index is 1.67. The Morgan fingerprint density at radius 1 is 0.906 bits per heavy atom. The van der Waals surface area contributed by atoms with Crippen molar-refractivity contribution in [1.29, 1.82) is 0 Å². The van der Waals surface area contributed by atoms with Crippen LogP contribution in [0.25, 0.3) is 10.8 Å². The lowest BCUT2D eigenvalue weighted by molar-refractivity contribution is 0.402. The Hall–Kier alpha value is -3.44. The predicted molar refractivity (Wildman–Crippen MR) is 130 cm³/mol. The first-order chi connectivity index (χ1) is 15.5. The first-order valence-corrected chi connectivity index (χ1v) is 11.2. The molecular formula is C27H28N4O. The molecule has 0 saturated heterocycles. The van der Waals surface area contributed by atoms with E-state index in [0.717, 1.165) is 29.7 Å². The van der Waals surface area contributed by atoms with Gasteiger partial charge in [-0.2, -0.15) is 5.10 Å². The molecule has 2 N–H and O–H groups in total. The van der Waals surface area contributed by atoms with Crippen molar-refractivity contribution < 1.29 is 0 Å². The van der Waals surface area contributed by atoms with Crippen LogP contribution >= 0.6 is 0 Å². The fourth-order valence-electron chi connectivity index (χ4n) is 4.78. The molecule has 0 fully saturated rings. The molecule has 0 spiro atoms. The summed E-state index contributed by atoms with van der Waals surface area (Å²) >= 11 is 0. The van der Waals surface area contributed by atoms with Gasteiger partial charge in [0, 0.05) is 17.6 Å². The number of nitrogens with zero attached hydrogens (tertiary/aromatic N) is 2. The van der Waals surface area contributed by atoms with E-state index >= 15 is 0 Å². The van der Waals surface area contributed by atoms with E-state index in [0.29, 0.717) is 5.39 Å². The van der Waals surface area contributed by atoms with Crippen LogP contribution in [0, 0.1) is 0 Å². The van der Waals surface area contributed by atoms with Gasteiger partial charge in [0.15, 0.2) is 0 Å². The predicted octanol–water partition coefficient (Wildman–Crippen LogP) is 4.85. The second-order valence-corrected chi connectivity index (χ2v) is 8.84. The number of aromatic amines is 1. The van der Waals surface area contributed by atoms with E-state index in [1.807, 2.05) is 18.2 Å². The van der Waals surface area contributed by atoms with Gasteiger partial charge in [0.05, 0.1) is 23.0 Å². The molecule has 5 nitrogen and oxygen atoms in total. The lowest BCUT2D eigenvalue weighted by atomic mass is 9.79. The minimum absolute atomic E-state index is 0.00684. The molecule has 0 aliphatic carbocycles. The van der Waals surface area contributed by atoms with E-state index in [9.17, 15) is 4.79 Å². The van der Waals surface area contributed by atoms with Crippen molar-refractivity contribution >= 4 is 16.5 Å². The van der Waals surface area contributed by atoms with E-state index in [2.05, 4.69) is 90.0 Å². The summed E-state index contributed by atoms with van der Waals surface area (Å²) in [5.74, 6) is -0.0187. The molecule has 0 bridgehead atoms. The van der Waals surface area contributed by atoms with Gasteiger partial charge >= 0.3 is 0 Å². The lowest BCUT2D eigenvalue weighted by Crippen LogP contribution is -2.28. The van der Waals surface area contributed by atoms with Crippen LogP contribution in [0.5, 0.6) is 0 Å². The van der Waals surface area contributed by atoms with Crippen LogP contribution in [0.1, 0.15) is 46.8 Å². The molecule has 2 atom stereocenters. The van der Waals surface area contributed by atoms with Crippen molar-refractivity contribution in [3.8, 4) is 0 Å². The van der Waals surface area contributed by atoms with Crippen molar-refractivity contribution in [2.75, 3.05) is 19.4 Å². The van der Waals surface area contributed by atoms with Gasteiger partial charge in [-0.1, -0.05) is 61.5 Å². The molecule has 32 heavy (non-hydrogen) atoms. The Morgan fingerprint density at radius 3 is 2.28 bits per heavy atom. The van der Waals surface area contributed by atoms with Crippen molar-refractivity contribution in [2.24, 2.45) is 0 Å². The van der Waals surface area contributed by atoms with Gasteiger partial charge in [0.1, 0.15) is 0 Å². The van der Waals surface area contributed by atoms with E-state index in [-0.39, 0.29) is 17.5 Å². The van der Waals surface area contributed by atoms with Gasteiger partial charge < -0.3 is 10.2 Å². The Labute approximate surface area is 188 Å². The molecule has 4 aromatic rings. The fraction of sp³-hybridized carbons (Fsp3) is 0.259. The molecule has 162 valence electrons. The van der Waals surface area contributed by atoms with Crippen molar-refractivity contribution in [1.82, 2.24) is 15.1 Å². The average Bonchev–Trinajstić information content (AvgIpc) is 2.81. The maximum atomic E-state index is 12.5. The van der Waals surface area contributed by atoms with Gasteiger partial charge in [-0.3, -0.25) is 4.79 Å². The van der Waals surface area contributed by atoms with Crippen molar-refractivity contribution in [2.45, 2.75) is 31.8 Å². The molecule has 1 aliphatic heterocycles. The number of anilines is 1. The van der Waals surface area contributed by atoms with Crippen LogP contribution in [0.4, 0.5) is 5.69 Å². The first-order valence-electron chi connectivity index (χ1n) is 11.2. The third kappa shape index (κ3) is 3.59. The second kappa shape index (κ2) is 8.24. The molecule has 0 radical (unpaired) electrons. The van der Waals surface area contributed by atoms with Crippen LogP contribution in [-0.4, -0.2) is 29.2 Å². The minimum Gasteiger partial charge on any atom is -0.377 e. The Bertz CT molecular complexity index is 1310. The quantitative estimate of drug-likeness (QED) is 0.481. The topological polar surface area (TPSA) is 61.0 Å². The van der Waals surface area contributed by atoms with Crippen molar-refractivity contribution in [3.05, 3.63) is 105 Å². The van der Waals surface area contributed by atoms with Crippen LogP contribution in [0.3, 0.4) is 0 Å². The third-order valence-electron chi connectivity index (χ3n) is 6.37. The number of H-pyrrole nitrogens is 1. The second-order valence-electron chi connectivity index (χ2n) is 8.84. The summed E-state index contributed by atoms with van der Waals surface area (Å²) in [6.07, 6.45) is 1.00. The summed E-state index contributed by atoms with van der Waals surface area (Å²) in [6.45, 7) is 3.07. The summed E-state index contributed by atoms with van der Waals surface area (Å²) in [5, 5.41) is 12.7. The molecule has 1 aromatic heterocycles. The molecule has 3 aromatic carbocycles. The number of rotatable bonds is 5. The standard InChI is InChI=1S/C27H28N4O/c1-4-17-8-12-19(13-9-17)23-25(20-14-10-18(11-15-20)16-31(2)3)28-22-7-5-6-21-24(22)26(23)29-30-27(21)32/h5-15,23,25,28H,4,16H2,1-3H3,(H,30,32). The average molecular weight is 425 g/mol. The highest BCUT2D eigenvalue weighted by molar-refractivity contribution is 5.97.